The first kappa shape index (κ1) is 32.3. The Bertz CT molecular complexity index is 3470. The average molecular weight is 764 g/mol. The van der Waals surface area contributed by atoms with Gasteiger partial charge in [-0.05, 0) is 83.4 Å². The fourth-order valence-electron chi connectivity index (χ4n) is 8.14. The molecule has 4 nitrogen and oxygen atoms in total. The minimum atomic E-state index is 0.611. The van der Waals surface area contributed by atoms with Gasteiger partial charge in [-0.2, -0.15) is 0 Å². The molecule has 0 bridgehead atoms. The first-order chi connectivity index (χ1) is 28.2. The van der Waals surface area contributed by atoms with E-state index in [1.165, 1.54) is 45.9 Å². The molecule has 0 amide bonds. The number of hydrogen-bond acceptors (Lipinski definition) is 6. The van der Waals surface area contributed by atoms with Crippen LogP contribution >= 0.6 is 22.7 Å². The minimum Gasteiger partial charge on any atom is -0.455 e. The molecule has 0 atom stereocenters. The molecule has 266 valence electrons. The average Bonchev–Trinajstić information content (AvgIpc) is 3.97. The Kier molecular flexibility index (Phi) is 7.24. The van der Waals surface area contributed by atoms with Crippen LogP contribution in [-0.2, 0) is 0 Å². The summed E-state index contributed by atoms with van der Waals surface area (Å²) in [7, 11) is 0. The molecule has 12 rings (SSSR count). The zero-order valence-corrected chi connectivity index (χ0v) is 31.9. The van der Waals surface area contributed by atoms with Crippen LogP contribution < -0.4 is 0 Å². The summed E-state index contributed by atoms with van der Waals surface area (Å²) in [6, 6.07) is 62.2. The molecule has 4 heterocycles. The Morgan fingerprint density at radius 1 is 0.316 bits per heavy atom. The van der Waals surface area contributed by atoms with Crippen LogP contribution in [0.3, 0.4) is 0 Å². The van der Waals surface area contributed by atoms with Gasteiger partial charge >= 0.3 is 0 Å². The first-order valence-electron chi connectivity index (χ1n) is 18.9. The van der Waals surface area contributed by atoms with Crippen LogP contribution in [-0.4, -0.2) is 15.0 Å². The minimum absolute atomic E-state index is 0.611. The lowest BCUT2D eigenvalue weighted by Gasteiger charge is -2.09. The number of fused-ring (bicyclic) bond motifs is 9. The monoisotopic (exact) mass is 763 g/mol. The van der Waals surface area contributed by atoms with E-state index in [9.17, 15) is 0 Å². The van der Waals surface area contributed by atoms with E-state index < -0.39 is 0 Å². The molecule has 0 saturated carbocycles. The van der Waals surface area contributed by atoms with Gasteiger partial charge in [0.1, 0.15) is 11.2 Å². The molecule has 0 aliphatic rings. The van der Waals surface area contributed by atoms with Gasteiger partial charge in [0.15, 0.2) is 17.5 Å². The van der Waals surface area contributed by atoms with Crippen molar-refractivity contribution < 1.29 is 4.42 Å². The van der Waals surface area contributed by atoms with Gasteiger partial charge < -0.3 is 4.42 Å². The Hall–Kier alpha value is -6.99. The number of hydrogen-bond donors (Lipinski definition) is 0. The molecule has 6 heteroatoms. The van der Waals surface area contributed by atoms with Crippen LogP contribution in [0.25, 0.3) is 119 Å². The summed E-state index contributed by atoms with van der Waals surface area (Å²) < 4.78 is 12.0. The SMILES string of the molecule is c1ccc(-c2nc(-c3ccccc3)nc(-c3ccc4oc5c(-c6ccc7sc8ccccc8c7c6)cc(-c6ccc7sc8ccccc8c7c6)cc5c4c3)n2)cc1. The second-order valence-corrected chi connectivity index (χ2v) is 16.5. The van der Waals surface area contributed by atoms with E-state index in [2.05, 4.69) is 115 Å². The van der Waals surface area contributed by atoms with Gasteiger partial charge in [0.05, 0.1) is 0 Å². The van der Waals surface area contributed by atoms with Crippen LogP contribution in [0.1, 0.15) is 0 Å². The van der Waals surface area contributed by atoms with E-state index in [0.717, 1.165) is 55.3 Å². The van der Waals surface area contributed by atoms with Crippen molar-refractivity contribution in [2.24, 2.45) is 0 Å². The van der Waals surface area contributed by atoms with Gasteiger partial charge in [0.25, 0.3) is 0 Å². The molecular weight excluding hydrogens is 735 g/mol. The third kappa shape index (κ3) is 5.37. The van der Waals surface area contributed by atoms with E-state index >= 15 is 0 Å². The second kappa shape index (κ2) is 12.8. The highest BCUT2D eigenvalue weighted by Crippen LogP contribution is 2.44. The van der Waals surface area contributed by atoms with Crippen molar-refractivity contribution in [1.29, 1.82) is 0 Å². The summed E-state index contributed by atoms with van der Waals surface area (Å²) >= 11 is 3.68. The fraction of sp³-hybridized carbons (Fsp3) is 0. The van der Waals surface area contributed by atoms with Crippen LogP contribution in [0.4, 0.5) is 0 Å². The molecule has 8 aromatic carbocycles. The molecule has 0 fully saturated rings. The van der Waals surface area contributed by atoms with Crippen molar-refractivity contribution in [2.75, 3.05) is 0 Å². The predicted octanol–water partition coefficient (Wildman–Crippen LogP) is 14.8. The summed E-state index contributed by atoms with van der Waals surface area (Å²) in [6.45, 7) is 0. The van der Waals surface area contributed by atoms with E-state index in [-0.39, 0.29) is 0 Å². The van der Waals surface area contributed by atoms with Gasteiger partial charge in [-0.25, -0.2) is 15.0 Å². The number of benzene rings is 8. The summed E-state index contributed by atoms with van der Waals surface area (Å²) in [5.74, 6) is 1.88. The highest BCUT2D eigenvalue weighted by molar-refractivity contribution is 7.26. The molecule has 57 heavy (non-hydrogen) atoms. The van der Waals surface area contributed by atoms with E-state index in [4.69, 9.17) is 19.4 Å². The van der Waals surface area contributed by atoms with Crippen molar-refractivity contribution in [3.63, 3.8) is 0 Å². The zero-order valence-electron chi connectivity index (χ0n) is 30.3. The largest absolute Gasteiger partial charge is 0.455 e. The summed E-state index contributed by atoms with van der Waals surface area (Å²) in [5, 5.41) is 7.16. The molecule has 0 unspecified atom stereocenters. The van der Waals surface area contributed by atoms with Crippen LogP contribution in [0.15, 0.2) is 180 Å². The van der Waals surface area contributed by atoms with E-state index in [0.29, 0.717) is 17.5 Å². The lowest BCUT2D eigenvalue weighted by Crippen LogP contribution is -2.00. The van der Waals surface area contributed by atoms with Crippen molar-refractivity contribution >= 4 is 85.0 Å². The number of furan rings is 1. The lowest BCUT2D eigenvalue weighted by molar-refractivity contribution is 0.670. The van der Waals surface area contributed by atoms with Gasteiger partial charge in [0.2, 0.25) is 0 Å². The normalized spacial score (nSPS) is 11.9. The van der Waals surface area contributed by atoms with Crippen molar-refractivity contribution in [3.8, 4) is 56.4 Å². The molecule has 0 aliphatic carbocycles. The van der Waals surface area contributed by atoms with Gasteiger partial charge in [-0.3, -0.25) is 0 Å². The van der Waals surface area contributed by atoms with Gasteiger partial charge in [-0.1, -0.05) is 109 Å². The Morgan fingerprint density at radius 2 is 0.789 bits per heavy atom. The Labute approximate surface area is 335 Å². The first-order valence-corrected chi connectivity index (χ1v) is 20.5. The number of thiophene rings is 2. The maximum Gasteiger partial charge on any atom is 0.164 e. The third-order valence-corrected chi connectivity index (χ3v) is 13.2. The van der Waals surface area contributed by atoms with Crippen LogP contribution in [0, 0.1) is 0 Å². The van der Waals surface area contributed by atoms with E-state index in [1.54, 1.807) is 0 Å². The zero-order chi connectivity index (χ0) is 37.5. The molecule has 12 aromatic rings. The number of nitrogens with zero attached hydrogens (tertiary/aromatic N) is 3. The standard InChI is InChI=1S/C51H29N3OS2/c1-3-11-30(12-4-1)49-52-50(31-13-5-2-6-14-31)54-51(53-49)34-19-22-43-39(27-34)42-29-35(32-20-23-46-40(25-32)36-15-7-9-17-44(36)56-46)28-38(48(42)55-43)33-21-24-47-41(26-33)37-16-8-10-18-45(37)57-47/h1-29H. The highest BCUT2D eigenvalue weighted by Gasteiger charge is 2.19. The maximum absolute atomic E-state index is 6.85. The van der Waals surface area contributed by atoms with Crippen molar-refractivity contribution in [2.45, 2.75) is 0 Å². The fourth-order valence-corrected chi connectivity index (χ4v) is 10.3. The maximum atomic E-state index is 6.85. The Balaban J connectivity index is 1.10. The smallest absolute Gasteiger partial charge is 0.164 e. The molecule has 0 saturated heterocycles. The van der Waals surface area contributed by atoms with Crippen molar-refractivity contribution in [3.05, 3.63) is 176 Å². The van der Waals surface area contributed by atoms with Gasteiger partial charge in [-0.15, -0.1) is 22.7 Å². The predicted molar refractivity (Wildman–Crippen MR) is 240 cm³/mol. The summed E-state index contributed by atoms with van der Waals surface area (Å²) in [4.78, 5) is 15.0. The van der Waals surface area contributed by atoms with E-state index in [1.807, 2.05) is 83.3 Å². The van der Waals surface area contributed by atoms with Crippen LogP contribution in [0.2, 0.25) is 0 Å². The molecular formula is C51H29N3OS2. The van der Waals surface area contributed by atoms with Gasteiger partial charge in [0, 0.05) is 73.4 Å². The number of aromatic nitrogens is 3. The number of rotatable bonds is 5. The molecule has 0 spiro atoms. The molecule has 0 aliphatic heterocycles. The molecule has 0 radical (unpaired) electrons. The summed E-state index contributed by atoms with van der Waals surface area (Å²) in [6.07, 6.45) is 0. The topological polar surface area (TPSA) is 51.8 Å². The quantitative estimate of drug-likeness (QED) is 0.175. The Morgan fingerprint density at radius 3 is 1.42 bits per heavy atom. The third-order valence-electron chi connectivity index (χ3n) is 10.9. The van der Waals surface area contributed by atoms with Crippen molar-refractivity contribution in [1.82, 2.24) is 15.0 Å². The van der Waals surface area contributed by atoms with Crippen LogP contribution in [0.5, 0.6) is 0 Å². The second-order valence-electron chi connectivity index (χ2n) is 14.4. The molecule has 4 aromatic heterocycles. The highest BCUT2D eigenvalue weighted by atomic mass is 32.1. The molecule has 0 N–H and O–H groups in total. The summed E-state index contributed by atoms with van der Waals surface area (Å²) in [5.41, 5.74) is 8.93. The lowest BCUT2D eigenvalue weighted by atomic mass is 9.94.